The van der Waals surface area contributed by atoms with Crippen LogP contribution in [0.2, 0.25) is 0 Å². The Morgan fingerprint density at radius 1 is 1.18 bits per heavy atom. The molecule has 8 nitrogen and oxygen atoms in total. The number of ether oxygens (including phenoxy) is 1. The van der Waals surface area contributed by atoms with Crippen molar-refractivity contribution < 1.29 is 27.2 Å². The fourth-order valence-electron chi connectivity index (χ4n) is 2.33. The molecule has 0 radical (unpaired) electrons. The molecule has 1 atom stereocenters. The van der Waals surface area contributed by atoms with Gasteiger partial charge in [-0.25, -0.2) is 13.2 Å². The number of esters is 1. The molecule has 1 aromatic heterocycles. The van der Waals surface area contributed by atoms with Crippen LogP contribution in [-0.2, 0) is 19.6 Å². The van der Waals surface area contributed by atoms with Gasteiger partial charge < -0.3 is 14.5 Å². The second-order valence-corrected chi connectivity index (χ2v) is 8.52. The van der Waals surface area contributed by atoms with Gasteiger partial charge in [-0.3, -0.25) is 4.79 Å². The van der Waals surface area contributed by atoms with Crippen LogP contribution in [0, 0.1) is 0 Å². The van der Waals surface area contributed by atoms with E-state index in [1.54, 1.807) is 32.9 Å². The van der Waals surface area contributed by atoms with Crippen LogP contribution in [0.15, 0.2) is 52.0 Å². The van der Waals surface area contributed by atoms with Crippen molar-refractivity contribution in [2.24, 2.45) is 0 Å². The smallest absolute Gasteiger partial charge is 0.338 e. The molecule has 1 heterocycles. The number of amides is 1. The number of nitrogens with zero attached hydrogens (tertiary/aromatic N) is 1. The van der Waals surface area contributed by atoms with Gasteiger partial charge in [0.15, 0.2) is 6.61 Å². The van der Waals surface area contributed by atoms with E-state index in [1.165, 1.54) is 41.9 Å². The molecule has 9 heteroatoms. The average Bonchev–Trinajstić information content (AvgIpc) is 3.20. The first-order chi connectivity index (χ1) is 13.1. The minimum absolute atomic E-state index is 0.0194. The molecule has 2 rings (SSSR count). The third kappa shape index (κ3) is 5.20. The summed E-state index contributed by atoms with van der Waals surface area (Å²) in [5, 5.41) is 2.64. The third-order valence-electron chi connectivity index (χ3n) is 4.16. The Morgan fingerprint density at radius 2 is 1.89 bits per heavy atom. The maximum atomic E-state index is 12.5. The Bertz CT molecular complexity index is 922. The number of carbonyl (C=O) groups excluding carboxylic acids is 2. The SMILES string of the molecule is CC(C)N(C)S(=O)(=O)c1cccc(C(=O)OCC(=O)N[C@@H](C)c2ccco2)c1. The van der Waals surface area contributed by atoms with Gasteiger partial charge in [-0.05, 0) is 51.1 Å². The van der Waals surface area contributed by atoms with Crippen LogP contribution in [0.5, 0.6) is 0 Å². The monoisotopic (exact) mass is 408 g/mol. The highest BCUT2D eigenvalue weighted by atomic mass is 32.2. The molecular weight excluding hydrogens is 384 g/mol. The summed E-state index contributed by atoms with van der Waals surface area (Å²) in [6, 6.07) is 8.34. The van der Waals surface area contributed by atoms with Gasteiger partial charge in [-0.2, -0.15) is 4.31 Å². The summed E-state index contributed by atoms with van der Waals surface area (Å²) in [6.45, 7) is 4.74. The average molecular weight is 408 g/mol. The molecule has 152 valence electrons. The lowest BCUT2D eigenvalue weighted by atomic mass is 10.2. The molecule has 0 unspecified atom stereocenters. The van der Waals surface area contributed by atoms with Crippen LogP contribution in [-0.4, -0.2) is 44.3 Å². The zero-order valence-corrected chi connectivity index (χ0v) is 17.0. The molecule has 2 aromatic rings. The fourth-order valence-corrected chi connectivity index (χ4v) is 3.75. The molecule has 0 fully saturated rings. The van der Waals surface area contributed by atoms with Crippen LogP contribution in [0.1, 0.15) is 42.9 Å². The number of carbonyl (C=O) groups is 2. The maximum absolute atomic E-state index is 12.5. The largest absolute Gasteiger partial charge is 0.467 e. The van der Waals surface area contributed by atoms with Gasteiger partial charge in [-0.15, -0.1) is 0 Å². The maximum Gasteiger partial charge on any atom is 0.338 e. The van der Waals surface area contributed by atoms with E-state index in [-0.39, 0.29) is 22.5 Å². The van der Waals surface area contributed by atoms with E-state index in [0.29, 0.717) is 5.76 Å². The van der Waals surface area contributed by atoms with Crippen molar-refractivity contribution in [2.45, 2.75) is 37.8 Å². The third-order valence-corrected chi connectivity index (χ3v) is 6.19. The molecule has 0 saturated carbocycles. The molecule has 1 aromatic carbocycles. The summed E-state index contributed by atoms with van der Waals surface area (Å²) >= 11 is 0. The minimum Gasteiger partial charge on any atom is -0.467 e. The Morgan fingerprint density at radius 3 is 2.50 bits per heavy atom. The number of nitrogens with one attached hydrogen (secondary N) is 1. The zero-order valence-electron chi connectivity index (χ0n) is 16.2. The first kappa shape index (κ1) is 21.6. The van der Waals surface area contributed by atoms with Crippen LogP contribution < -0.4 is 5.32 Å². The standard InChI is InChI=1S/C19H24N2O6S/c1-13(2)21(4)28(24,25)16-8-5-7-15(11-16)19(23)27-12-18(22)20-14(3)17-9-6-10-26-17/h5-11,13-14H,12H2,1-4H3,(H,20,22)/t14-/m0/s1. The quantitative estimate of drug-likeness (QED) is 0.672. The van der Waals surface area contributed by atoms with Crippen molar-refractivity contribution in [3.8, 4) is 0 Å². The zero-order chi connectivity index (χ0) is 20.9. The summed E-state index contributed by atoms with van der Waals surface area (Å²) in [6.07, 6.45) is 1.50. The number of sulfonamides is 1. The molecule has 0 spiro atoms. The Balaban J connectivity index is 2.00. The van der Waals surface area contributed by atoms with Crippen molar-refractivity contribution >= 4 is 21.9 Å². The van der Waals surface area contributed by atoms with Gasteiger partial charge >= 0.3 is 5.97 Å². The number of hydrogen-bond acceptors (Lipinski definition) is 6. The molecule has 0 saturated heterocycles. The normalized spacial score (nSPS) is 12.8. The van der Waals surface area contributed by atoms with Gasteiger partial charge in [0.05, 0.1) is 22.8 Å². The Hall–Kier alpha value is -2.65. The second-order valence-electron chi connectivity index (χ2n) is 6.52. The van der Waals surface area contributed by atoms with Gasteiger partial charge in [0.1, 0.15) is 5.76 Å². The highest BCUT2D eigenvalue weighted by Gasteiger charge is 2.24. The van der Waals surface area contributed by atoms with Crippen molar-refractivity contribution in [3.05, 3.63) is 54.0 Å². The van der Waals surface area contributed by atoms with Gasteiger partial charge in [0.25, 0.3) is 5.91 Å². The molecule has 0 bridgehead atoms. The summed E-state index contributed by atoms with van der Waals surface area (Å²) in [7, 11) is -2.26. The first-order valence-electron chi connectivity index (χ1n) is 8.71. The highest BCUT2D eigenvalue weighted by Crippen LogP contribution is 2.18. The van der Waals surface area contributed by atoms with Gasteiger partial charge in [0.2, 0.25) is 10.0 Å². The lowest BCUT2D eigenvalue weighted by molar-refractivity contribution is -0.125. The molecule has 0 aliphatic carbocycles. The van der Waals surface area contributed by atoms with E-state index in [1.807, 2.05) is 0 Å². The van der Waals surface area contributed by atoms with E-state index in [9.17, 15) is 18.0 Å². The van der Waals surface area contributed by atoms with Crippen molar-refractivity contribution in [2.75, 3.05) is 13.7 Å². The Labute approximate surface area is 164 Å². The van der Waals surface area contributed by atoms with E-state index in [2.05, 4.69) is 5.32 Å². The number of hydrogen-bond donors (Lipinski definition) is 1. The van der Waals surface area contributed by atoms with E-state index < -0.39 is 28.5 Å². The fraction of sp³-hybridized carbons (Fsp3) is 0.368. The lowest BCUT2D eigenvalue weighted by Gasteiger charge is -2.21. The number of furan rings is 1. The molecule has 0 aliphatic rings. The summed E-state index contributed by atoms with van der Waals surface area (Å²) < 4.78 is 36.5. The van der Waals surface area contributed by atoms with Gasteiger partial charge in [0, 0.05) is 13.1 Å². The molecule has 1 amide bonds. The van der Waals surface area contributed by atoms with E-state index in [0.717, 1.165) is 0 Å². The minimum atomic E-state index is -3.73. The van der Waals surface area contributed by atoms with Crippen LogP contribution >= 0.6 is 0 Å². The topological polar surface area (TPSA) is 106 Å². The predicted octanol–water partition coefficient (Wildman–Crippen LogP) is 2.34. The van der Waals surface area contributed by atoms with Crippen molar-refractivity contribution in [1.82, 2.24) is 9.62 Å². The number of rotatable bonds is 8. The molecular formula is C19H24N2O6S. The van der Waals surface area contributed by atoms with E-state index >= 15 is 0 Å². The highest BCUT2D eigenvalue weighted by molar-refractivity contribution is 7.89. The van der Waals surface area contributed by atoms with Gasteiger partial charge in [-0.1, -0.05) is 6.07 Å². The van der Waals surface area contributed by atoms with Crippen LogP contribution in [0.4, 0.5) is 0 Å². The van der Waals surface area contributed by atoms with Crippen LogP contribution in [0.25, 0.3) is 0 Å². The summed E-state index contributed by atoms with van der Waals surface area (Å²) in [5.74, 6) is -0.711. The molecule has 1 N–H and O–H groups in total. The lowest BCUT2D eigenvalue weighted by Crippen LogP contribution is -2.33. The molecule has 28 heavy (non-hydrogen) atoms. The predicted molar refractivity (Wildman–Crippen MR) is 102 cm³/mol. The van der Waals surface area contributed by atoms with Crippen molar-refractivity contribution in [1.29, 1.82) is 0 Å². The second kappa shape index (κ2) is 9.03. The van der Waals surface area contributed by atoms with Crippen LogP contribution in [0.3, 0.4) is 0 Å². The van der Waals surface area contributed by atoms with Crippen molar-refractivity contribution in [3.63, 3.8) is 0 Å². The summed E-state index contributed by atoms with van der Waals surface area (Å²) in [4.78, 5) is 24.1. The molecule has 0 aliphatic heterocycles. The first-order valence-corrected chi connectivity index (χ1v) is 10.1. The van der Waals surface area contributed by atoms with E-state index in [4.69, 9.17) is 9.15 Å². The summed E-state index contributed by atoms with van der Waals surface area (Å²) in [5.41, 5.74) is 0.0464. The Kier molecular flexibility index (Phi) is 6.98. The number of benzene rings is 1.